The molecule has 0 aromatic heterocycles. The van der Waals surface area contributed by atoms with Crippen LogP contribution in [0.4, 0.5) is 19.2 Å². The van der Waals surface area contributed by atoms with Crippen molar-refractivity contribution in [3.63, 3.8) is 0 Å². The van der Waals surface area contributed by atoms with Gasteiger partial charge in [-0.05, 0) is 115 Å². The minimum absolute atomic E-state index is 0.187. The first-order chi connectivity index (χ1) is 30.3. The van der Waals surface area contributed by atoms with Gasteiger partial charge in [-0.1, -0.05) is 6.92 Å². The van der Waals surface area contributed by atoms with E-state index in [9.17, 15) is 49.5 Å². The van der Waals surface area contributed by atoms with Crippen molar-refractivity contribution < 1.29 is 87.4 Å². The van der Waals surface area contributed by atoms with Gasteiger partial charge < -0.3 is 90.0 Å². The number of carbonyl (C=O) groups is 5. The molecule has 0 aromatic carbocycles. The minimum atomic E-state index is -1.91. The van der Waals surface area contributed by atoms with Crippen LogP contribution in [-0.4, -0.2) is 177 Å². The molecule has 0 radical (unpaired) electrons. The van der Waals surface area contributed by atoms with E-state index in [1.807, 2.05) is 6.92 Å². The molecule has 10 N–H and O–H groups in total. The molecular weight excluding hydrogens is 874 g/mol. The number of aliphatic hydroxyl groups excluding tert-OH is 5. The Balaban J connectivity index is 2.07. The van der Waals surface area contributed by atoms with Crippen molar-refractivity contribution in [2.75, 3.05) is 13.2 Å². The van der Waals surface area contributed by atoms with Crippen LogP contribution in [0.15, 0.2) is 0 Å². The second-order valence-electron chi connectivity index (χ2n) is 20.8. The van der Waals surface area contributed by atoms with Crippen molar-refractivity contribution in [2.45, 2.75) is 230 Å². The number of alkyl carbamates (subject to hydrolysis) is 4. The van der Waals surface area contributed by atoms with E-state index in [-0.39, 0.29) is 25.5 Å². The van der Waals surface area contributed by atoms with Crippen molar-refractivity contribution >= 4 is 30.3 Å². The maximum atomic E-state index is 13.7. The summed E-state index contributed by atoms with van der Waals surface area (Å²) in [4.78, 5) is 65.3. The van der Waals surface area contributed by atoms with Crippen molar-refractivity contribution in [3.05, 3.63) is 0 Å². The van der Waals surface area contributed by atoms with Crippen LogP contribution in [0.2, 0.25) is 0 Å². The van der Waals surface area contributed by atoms with Gasteiger partial charge in [-0.3, -0.25) is 4.79 Å². The van der Waals surface area contributed by atoms with E-state index in [4.69, 9.17) is 37.9 Å². The average Bonchev–Trinajstić information content (AvgIpc) is 3.14. The maximum absolute atomic E-state index is 13.7. The molecule has 2 saturated heterocycles. The lowest BCUT2D eigenvalue weighted by atomic mass is 9.83. The third-order valence-electron chi connectivity index (χ3n) is 10.2. The standard InChI is InChI=1S/C43H77N5O18/c1-14-21-15-16-22(46-37(56)64-41(5,6)7)34(59-21)61-32-24(47-38(57)65-42(8,9)10)19-23(45-33(54)25(50)17-18-44-36(55)63-40(2,3)4)31(30(32)53)62-35-29(52)27(28(51)26(20-49)60-35)48-39(58)66-43(11,12)13/h21-32,34-35,49-53H,14-20H2,1-13H3,(H,44,55)(H,45,54)(H,46,56)(H,47,57)(H,48,58)/t21?,22?,23-,24-,25+,26?,27+,28-,29?,30?,31+,32?,34-,35-/m1/s1. The summed E-state index contributed by atoms with van der Waals surface area (Å²) in [5.41, 5.74) is -3.63. The Labute approximate surface area is 386 Å². The third-order valence-corrected chi connectivity index (χ3v) is 10.2. The van der Waals surface area contributed by atoms with Crippen molar-refractivity contribution in [1.29, 1.82) is 0 Å². The average molecular weight is 952 g/mol. The van der Waals surface area contributed by atoms with Gasteiger partial charge in [-0.25, -0.2) is 19.2 Å². The summed E-state index contributed by atoms with van der Waals surface area (Å²) in [6.07, 6.45) is -18.1. The molecule has 3 fully saturated rings. The van der Waals surface area contributed by atoms with E-state index >= 15 is 0 Å². The van der Waals surface area contributed by atoms with E-state index in [1.165, 1.54) is 0 Å². The molecule has 14 atom stereocenters. The van der Waals surface area contributed by atoms with Gasteiger partial charge in [-0.15, -0.1) is 0 Å². The van der Waals surface area contributed by atoms with Gasteiger partial charge >= 0.3 is 24.4 Å². The number of nitrogens with one attached hydrogen (secondary N) is 5. The Morgan fingerprint density at radius 2 is 1.08 bits per heavy atom. The van der Waals surface area contributed by atoms with Crippen LogP contribution >= 0.6 is 0 Å². The largest absolute Gasteiger partial charge is 0.444 e. The highest BCUT2D eigenvalue weighted by Gasteiger charge is 2.53. The van der Waals surface area contributed by atoms with Crippen molar-refractivity contribution in [2.24, 2.45) is 0 Å². The van der Waals surface area contributed by atoms with Gasteiger partial charge in [0.05, 0.1) is 36.9 Å². The lowest BCUT2D eigenvalue weighted by Gasteiger charge is -2.49. The highest BCUT2D eigenvalue weighted by Crippen LogP contribution is 2.34. The van der Waals surface area contributed by atoms with Gasteiger partial charge in [0.2, 0.25) is 5.91 Å². The molecule has 66 heavy (non-hydrogen) atoms. The third kappa shape index (κ3) is 18.4. The lowest BCUT2D eigenvalue weighted by molar-refractivity contribution is -0.316. The number of rotatable bonds is 14. The molecule has 0 aromatic rings. The van der Waals surface area contributed by atoms with Crippen LogP contribution in [0.5, 0.6) is 0 Å². The Kier molecular flexibility index (Phi) is 20.1. The zero-order chi connectivity index (χ0) is 50.1. The number of hydrogen-bond acceptors (Lipinski definition) is 18. The summed E-state index contributed by atoms with van der Waals surface area (Å²) in [7, 11) is 0. The predicted octanol–water partition coefficient (Wildman–Crippen LogP) is 1.32. The lowest BCUT2D eigenvalue weighted by Crippen LogP contribution is -2.70. The summed E-state index contributed by atoms with van der Waals surface area (Å²) < 4.78 is 46.5. The quantitative estimate of drug-likeness (QED) is 0.110. The first kappa shape index (κ1) is 56.5. The molecule has 1 saturated carbocycles. The smallest absolute Gasteiger partial charge is 0.408 e. The van der Waals surface area contributed by atoms with Gasteiger partial charge in [0.1, 0.15) is 65.1 Å². The molecule has 2 heterocycles. The van der Waals surface area contributed by atoms with Crippen LogP contribution < -0.4 is 26.6 Å². The van der Waals surface area contributed by atoms with Gasteiger partial charge in [0.15, 0.2) is 12.6 Å². The fourth-order valence-corrected chi connectivity index (χ4v) is 7.34. The van der Waals surface area contributed by atoms with E-state index in [0.29, 0.717) is 19.3 Å². The van der Waals surface area contributed by atoms with Crippen molar-refractivity contribution in [1.82, 2.24) is 26.6 Å². The molecule has 5 amide bonds. The molecule has 382 valence electrons. The summed E-state index contributed by atoms with van der Waals surface area (Å²) in [5, 5.41) is 69.3. The molecule has 0 bridgehead atoms. The summed E-state index contributed by atoms with van der Waals surface area (Å²) >= 11 is 0. The predicted molar refractivity (Wildman–Crippen MR) is 233 cm³/mol. The van der Waals surface area contributed by atoms with Gasteiger partial charge in [-0.2, -0.15) is 0 Å². The number of carbonyl (C=O) groups excluding carboxylic acids is 5. The van der Waals surface area contributed by atoms with E-state index in [0.717, 1.165) is 0 Å². The summed E-state index contributed by atoms with van der Waals surface area (Å²) in [6.45, 7) is 20.6. The Hall–Kier alpha value is -3.81. The highest BCUT2D eigenvalue weighted by atomic mass is 16.7. The molecule has 23 heteroatoms. The van der Waals surface area contributed by atoms with E-state index in [1.54, 1.807) is 83.1 Å². The first-order valence-corrected chi connectivity index (χ1v) is 22.5. The molecule has 23 nitrogen and oxygen atoms in total. The second-order valence-corrected chi connectivity index (χ2v) is 20.8. The normalized spacial score (nSPS) is 31.3. The number of ether oxygens (including phenoxy) is 8. The second kappa shape index (κ2) is 23.5. The number of amides is 5. The molecule has 2 aliphatic heterocycles. The number of hydrogen-bond donors (Lipinski definition) is 10. The summed E-state index contributed by atoms with van der Waals surface area (Å²) in [6, 6.07) is -5.00. The van der Waals surface area contributed by atoms with Crippen molar-refractivity contribution in [3.8, 4) is 0 Å². The Morgan fingerprint density at radius 3 is 1.58 bits per heavy atom. The van der Waals surface area contributed by atoms with Crippen LogP contribution in [0, 0.1) is 0 Å². The maximum Gasteiger partial charge on any atom is 0.408 e. The topological polar surface area (TPSA) is 320 Å². The fraction of sp³-hybridized carbons (Fsp3) is 0.884. The molecule has 6 unspecified atom stereocenters. The first-order valence-electron chi connectivity index (χ1n) is 22.5. The van der Waals surface area contributed by atoms with E-state index in [2.05, 4.69) is 26.6 Å². The SMILES string of the molecule is CCC1CCC(NC(=O)OC(C)(C)C)[C@@H](OC2C(O)[C@@H](O[C@H]3OC(CO)[C@@H](O)[C@H](NC(=O)OC(C)(C)C)C3O)[C@H](NC(=O)[C@@H](O)CCNC(=O)OC(C)(C)C)C[C@H]2NC(=O)OC(C)(C)C)O1. The number of aliphatic hydroxyl groups is 5. The van der Waals surface area contributed by atoms with E-state index < -0.39 is 139 Å². The zero-order valence-corrected chi connectivity index (χ0v) is 40.6. The van der Waals surface area contributed by atoms with Crippen LogP contribution in [0.25, 0.3) is 0 Å². The van der Waals surface area contributed by atoms with Crippen LogP contribution in [-0.2, 0) is 42.7 Å². The molecular formula is C43H77N5O18. The summed E-state index contributed by atoms with van der Waals surface area (Å²) in [5.74, 6) is -0.997. The minimum Gasteiger partial charge on any atom is -0.444 e. The molecule has 0 spiro atoms. The van der Waals surface area contributed by atoms with Crippen LogP contribution in [0.1, 0.15) is 122 Å². The Morgan fingerprint density at radius 1 is 0.606 bits per heavy atom. The van der Waals surface area contributed by atoms with Gasteiger partial charge in [0.25, 0.3) is 0 Å². The highest BCUT2D eigenvalue weighted by molar-refractivity contribution is 5.81. The molecule has 3 aliphatic rings. The molecule has 1 aliphatic carbocycles. The molecule has 3 rings (SSSR count). The van der Waals surface area contributed by atoms with Crippen LogP contribution in [0.3, 0.4) is 0 Å². The fourth-order valence-electron chi connectivity index (χ4n) is 7.34. The van der Waals surface area contributed by atoms with Gasteiger partial charge in [0, 0.05) is 6.54 Å². The zero-order valence-electron chi connectivity index (χ0n) is 40.6. The monoisotopic (exact) mass is 952 g/mol. The Bertz CT molecular complexity index is 1610.